The summed E-state index contributed by atoms with van der Waals surface area (Å²) in [5.74, 6) is -1.49. The minimum atomic E-state index is -4.16. The number of sulfonamides is 1. The minimum Gasteiger partial charge on any atom is -0.349 e. The highest BCUT2D eigenvalue weighted by atomic mass is 32.2. The number of benzene rings is 2. The van der Waals surface area contributed by atoms with Crippen molar-refractivity contribution in [3.63, 3.8) is 0 Å². The van der Waals surface area contributed by atoms with E-state index in [0.29, 0.717) is 6.54 Å². The third-order valence-electron chi connectivity index (χ3n) is 5.48. The van der Waals surface area contributed by atoms with Crippen LogP contribution in [0.4, 0.5) is 4.39 Å². The number of nitrogens with two attached hydrogens (primary N) is 1. The van der Waals surface area contributed by atoms with Crippen LogP contribution in [0.2, 0.25) is 0 Å². The number of halogens is 1. The molecule has 1 unspecified atom stereocenters. The van der Waals surface area contributed by atoms with Gasteiger partial charge in [0.05, 0.1) is 4.90 Å². The van der Waals surface area contributed by atoms with Crippen LogP contribution in [-0.4, -0.2) is 48.7 Å². The molecule has 10 heteroatoms. The zero-order valence-corrected chi connectivity index (χ0v) is 20.4. The van der Waals surface area contributed by atoms with Crippen molar-refractivity contribution in [2.45, 2.75) is 51.3 Å². The summed E-state index contributed by atoms with van der Waals surface area (Å²) in [7, 11) is -4.16. The van der Waals surface area contributed by atoms with E-state index in [1.807, 2.05) is 45.0 Å². The Morgan fingerprint density at radius 2 is 1.74 bits per heavy atom. The van der Waals surface area contributed by atoms with E-state index >= 15 is 0 Å². The molecule has 3 N–H and O–H groups in total. The van der Waals surface area contributed by atoms with E-state index in [1.165, 1.54) is 4.90 Å². The number of rotatable bonds is 7. The summed E-state index contributed by atoms with van der Waals surface area (Å²) in [4.78, 5) is 27.5. The van der Waals surface area contributed by atoms with E-state index in [0.717, 1.165) is 39.7 Å². The molecule has 1 heterocycles. The zero-order chi connectivity index (χ0) is 25.1. The first kappa shape index (κ1) is 25.8. The topological polar surface area (TPSA) is 113 Å². The van der Waals surface area contributed by atoms with Crippen LogP contribution in [0.5, 0.6) is 0 Å². The number of hydrogen-bond donors (Lipinski definition) is 2. The Hall–Kier alpha value is -2.82. The second-order valence-corrected chi connectivity index (χ2v) is 11.4. The molecule has 2 amide bonds. The predicted molar refractivity (Wildman–Crippen MR) is 126 cm³/mol. The Bertz CT molecular complexity index is 1150. The Balaban J connectivity index is 1.89. The molecule has 1 aliphatic rings. The van der Waals surface area contributed by atoms with Gasteiger partial charge in [-0.05, 0) is 40.8 Å². The van der Waals surface area contributed by atoms with Crippen LogP contribution >= 0.6 is 0 Å². The van der Waals surface area contributed by atoms with Crippen LogP contribution in [0.1, 0.15) is 38.3 Å². The summed E-state index contributed by atoms with van der Waals surface area (Å²) < 4.78 is 41.1. The summed E-state index contributed by atoms with van der Waals surface area (Å²) in [6.45, 7) is 6.22. The van der Waals surface area contributed by atoms with Gasteiger partial charge in [-0.25, -0.2) is 12.8 Å². The van der Waals surface area contributed by atoms with Crippen molar-refractivity contribution < 1.29 is 22.4 Å². The Morgan fingerprint density at radius 1 is 1.09 bits per heavy atom. The van der Waals surface area contributed by atoms with Crippen molar-refractivity contribution in [3.05, 3.63) is 65.5 Å². The lowest BCUT2D eigenvalue weighted by Gasteiger charge is -2.30. The molecule has 1 atom stereocenters. The molecule has 1 aliphatic heterocycles. The second kappa shape index (κ2) is 10.2. The van der Waals surface area contributed by atoms with E-state index in [-0.39, 0.29) is 42.3 Å². The largest absolute Gasteiger partial charge is 0.349 e. The van der Waals surface area contributed by atoms with Gasteiger partial charge in [-0.3, -0.25) is 9.59 Å². The summed E-state index contributed by atoms with van der Waals surface area (Å²) in [5, 5.41) is 2.76. The van der Waals surface area contributed by atoms with Crippen molar-refractivity contribution in [3.8, 4) is 0 Å². The summed E-state index contributed by atoms with van der Waals surface area (Å²) in [6, 6.07) is 11.8. The van der Waals surface area contributed by atoms with Gasteiger partial charge in [0.25, 0.3) is 5.91 Å². The maximum absolute atomic E-state index is 13.4. The molecule has 0 aromatic heterocycles. The first-order valence-corrected chi connectivity index (χ1v) is 12.5. The standard InChI is InChI=1S/C24H31FN4O4S/c1-24(2,3)14-21(30)28-11-12-29(34(32,33)20-9-7-19(25)8-10-20)23(28)22(31)27-16-18-6-4-5-17(13-18)15-26/h4-10,13,23H,11-12,14-16,26H2,1-3H3,(H,27,31). The normalized spacial score (nSPS) is 17.1. The number of hydrogen-bond acceptors (Lipinski definition) is 5. The lowest BCUT2D eigenvalue weighted by atomic mass is 9.91. The van der Waals surface area contributed by atoms with E-state index in [2.05, 4.69) is 5.32 Å². The van der Waals surface area contributed by atoms with Gasteiger partial charge in [-0.1, -0.05) is 45.0 Å². The second-order valence-electron chi connectivity index (χ2n) is 9.51. The fourth-order valence-corrected chi connectivity index (χ4v) is 5.38. The fraction of sp³-hybridized carbons (Fsp3) is 0.417. The fourth-order valence-electron chi connectivity index (χ4n) is 3.84. The van der Waals surface area contributed by atoms with Gasteiger partial charge in [0.1, 0.15) is 5.82 Å². The van der Waals surface area contributed by atoms with Crippen LogP contribution in [0.15, 0.2) is 53.4 Å². The van der Waals surface area contributed by atoms with Gasteiger partial charge < -0.3 is 16.0 Å². The maximum atomic E-state index is 13.4. The average molecular weight is 491 g/mol. The molecular formula is C24H31FN4O4S. The molecule has 1 fully saturated rings. The number of nitrogens with zero attached hydrogens (tertiary/aromatic N) is 2. The summed E-state index contributed by atoms with van der Waals surface area (Å²) in [5.41, 5.74) is 7.03. The van der Waals surface area contributed by atoms with Gasteiger partial charge in [-0.2, -0.15) is 4.31 Å². The quantitative estimate of drug-likeness (QED) is 0.618. The predicted octanol–water partition coefficient (Wildman–Crippen LogP) is 2.20. The minimum absolute atomic E-state index is 0.0453. The average Bonchev–Trinajstić information content (AvgIpc) is 3.23. The highest BCUT2D eigenvalue weighted by molar-refractivity contribution is 7.89. The van der Waals surface area contributed by atoms with E-state index in [4.69, 9.17) is 5.73 Å². The van der Waals surface area contributed by atoms with E-state index in [9.17, 15) is 22.4 Å². The molecule has 184 valence electrons. The summed E-state index contributed by atoms with van der Waals surface area (Å²) in [6.07, 6.45) is -1.19. The van der Waals surface area contributed by atoms with E-state index in [1.54, 1.807) is 0 Å². The van der Waals surface area contributed by atoms with Crippen molar-refractivity contribution in [2.24, 2.45) is 11.1 Å². The highest BCUT2D eigenvalue weighted by Crippen LogP contribution is 2.28. The van der Waals surface area contributed by atoms with Crippen molar-refractivity contribution >= 4 is 21.8 Å². The first-order valence-electron chi connectivity index (χ1n) is 11.0. The smallest absolute Gasteiger partial charge is 0.259 e. The molecule has 34 heavy (non-hydrogen) atoms. The third-order valence-corrected chi connectivity index (χ3v) is 7.35. The van der Waals surface area contributed by atoms with Gasteiger partial charge in [0.2, 0.25) is 15.9 Å². The number of carbonyl (C=O) groups is 2. The van der Waals surface area contributed by atoms with Crippen molar-refractivity contribution in [2.75, 3.05) is 13.1 Å². The Morgan fingerprint density at radius 3 is 2.35 bits per heavy atom. The molecule has 8 nitrogen and oxygen atoms in total. The number of nitrogens with one attached hydrogen (secondary N) is 1. The third kappa shape index (κ3) is 5.99. The maximum Gasteiger partial charge on any atom is 0.259 e. The van der Waals surface area contributed by atoms with Gasteiger partial charge in [0, 0.05) is 32.6 Å². The van der Waals surface area contributed by atoms with Crippen LogP contribution in [0, 0.1) is 11.2 Å². The molecular weight excluding hydrogens is 459 g/mol. The molecule has 1 saturated heterocycles. The molecule has 0 saturated carbocycles. The molecule has 2 aromatic rings. The molecule has 0 spiro atoms. The molecule has 3 rings (SSSR count). The lowest BCUT2D eigenvalue weighted by molar-refractivity contribution is -0.142. The molecule has 0 radical (unpaired) electrons. The van der Waals surface area contributed by atoms with Gasteiger partial charge >= 0.3 is 0 Å². The number of amides is 2. The molecule has 0 aliphatic carbocycles. The van der Waals surface area contributed by atoms with Crippen molar-refractivity contribution in [1.82, 2.24) is 14.5 Å². The Labute approximate surface area is 200 Å². The highest BCUT2D eigenvalue weighted by Gasteiger charge is 2.46. The SMILES string of the molecule is CC(C)(C)CC(=O)N1CCN(S(=O)(=O)c2ccc(F)cc2)C1C(=O)NCc1cccc(CN)c1. The van der Waals surface area contributed by atoms with Crippen molar-refractivity contribution in [1.29, 1.82) is 0 Å². The van der Waals surface area contributed by atoms with Crippen LogP contribution < -0.4 is 11.1 Å². The van der Waals surface area contributed by atoms with Gasteiger partial charge in [-0.15, -0.1) is 0 Å². The van der Waals surface area contributed by atoms with Crippen LogP contribution in [-0.2, 0) is 32.7 Å². The summed E-state index contributed by atoms with van der Waals surface area (Å²) >= 11 is 0. The Kier molecular flexibility index (Phi) is 7.74. The van der Waals surface area contributed by atoms with E-state index < -0.39 is 27.9 Å². The monoisotopic (exact) mass is 490 g/mol. The lowest BCUT2D eigenvalue weighted by Crippen LogP contribution is -2.53. The molecule has 2 aromatic carbocycles. The zero-order valence-electron chi connectivity index (χ0n) is 19.6. The van der Waals surface area contributed by atoms with Crippen LogP contribution in [0.3, 0.4) is 0 Å². The molecule has 0 bridgehead atoms. The number of carbonyl (C=O) groups excluding carboxylic acids is 2. The van der Waals surface area contributed by atoms with Crippen LogP contribution in [0.25, 0.3) is 0 Å². The van der Waals surface area contributed by atoms with Gasteiger partial charge in [0.15, 0.2) is 6.17 Å². The first-order chi connectivity index (χ1) is 15.9.